The van der Waals surface area contributed by atoms with Crippen molar-refractivity contribution in [2.24, 2.45) is 0 Å². The maximum atomic E-state index is 12.4. The maximum Gasteiger partial charge on any atom is 0.231 e. The van der Waals surface area contributed by atoms with Crippen molar-refractivity contribution >= 4 is 11.6 Å². The molecule has 22 heavy (non-hydrogen) atoms. The highest BCUT2D eigenvalue weighted by Gasteiger charge is 2.31. The fourth-order valence-corrected chi connectivity index (χ4v) is 3.08. The Kier molecular flexibility index (Phi) is 4.11. The molecule has 1 aliphatic carbocycles. The first-order valence-corrected chi connectivity index (χ1v) is 7.84. The molecule has 0 saturated carbocycles. The van der Waals surface area contributed by atoms with Crippen molar-refractivity contribution in [3.63, 3.8) is 0 Å². The molecular weight excluding hydrogens is 282 g/mol. The SMILES string of the molecule is CCc1nc2c(o1)C(=O)C=C(NCCC1CCCN1C)C2=O. The third-order valence-corrected chi connectivity index (χ3v) is 4.40. The lowest BCUT2D eigenvalue weighted by molar-refractivity contribution is 0.0959. The van der Waals surface area contributed by atoms with Gasteiger partial charge in [-0.15, -0.1) is 0 Å². The van der Waals surface area contributed by atoms with Crippen molar-refractivity contribution in [2.75, 3.05) is 20.1 Å². The minimum absolute atomic E-state index is 0.0722. The molecule has 1 aromatic rings. The summed E-state index contributed by atoms with van der Waals surface area (Å²) in [4.78, 5) is 30.9. The number of nitrogens with zero attached hydrogens (tertiary/aromatic N) is 2. The van der Waals surface area contributed by atoms with Gasteiger partial charge in [-0.2, -0.15) is 0 Å². The van der Waals surface area contributed by atoms with Crippen LogP contribution < -0.4 is 5.32 Å². The predicted molar refractivity (Wildman–Crippen MR) is 80.9 cm³/mol. The Labute approximate surface area is 129 Å². The molecule has 2 aliphatic rings. The lowest BCUT2D eigenvalue weighted by Crippen LogP contribution is -2.32. The van der Waals surface area contributed by atoms with Crippen LogP contribution in [0.3, 0.4) is 0 Å². The Morgan fingerprint density at radius 3 is 2.95 bits per heavy atom. The number of likely N-dealkylation sites (tertiary alicyclic amines) is 1. The van der Waals surface area contributed by atoms with Gasteiger partial charge in [0.05, 0.1) is 5.70 Å². The van der Waals surface area contributed by atoms with Gasteiger partial charge in [0.15, 0.2) is 11.6 Å². The van der Waals surface area contributed by atoms with E-state index >= 15 is 0 Å². The summed E-state index contributed by atoms with van der Waals surface area (Å²) in [6, 6.07) is 0.553. The summed E-state index contributed by atoms with van der Waals surface area (Å²) in [6.45, 7) is 3.68. The van der Waals surface area contributed by atoms with Crippen molar-refractivity contribution in [3.05, 3.63) is 29.1 Å². The van der Waals surface area contributed by atoms with Crippen LogP contribution in [0.4, 0.5) is 0 Å². The monoisotopic (exact) mass is 303 g/mol. The summed E-state index contributed by atoms with van der Waals surface area (Å²) in [7, 11) is 2.13. The quantitative estimate of drug-likeness (QED) is 0.890. The Hall–Kier alpha value is -1.95. The first kappa shape index (κ1) is 15.0. The Bertz CT molecular complexity index is 633. The number of rotatable bonds is 5. The summed E-state index contributed by atoms with van der Waals surface area (Å²) < 4.78 is 5.33. The summed E-state index contributed by atoms with van der Waals surface area (Å²) in [5.74, 6) is -0.0445. The molecule has 0 aromatic carbocycles. The van der Waals surface area contributed by atoms with Crippen molar-refractivity contribution in [1.29, 1.82) is 0 Å². The summed E-state index contributed by atoms with van der Waals surface area (Å²) in [6.07, 6.45) is 5.26. The van der Waals surface area contributed by atoms with E-state index in [0.29, 0.717) is 30.6 Å². The second-order valence-corrected chi connectivity index (χ2v) is 5.88. The lowest BCUT2D eigenvalue weighted by Gasteiger charge is -2.20. The van der Waals surface area contributed by atoms with Gasteiger partial charge in [0.25, 0.3) is 0 Å². The second-order valence-electron chi connectivity index (χ2n) is 5.88. The van der Waals surface area contributed by atoms with E-state index in [-0.39, 0.29) is 23.0 Å². The van der Waals surface area contributed by atoms with Crippen LogP contribution in [0.5, 0.6) is 0 Å². The van der Waals surface area contributed by atoms with Gasteiger partial charge >= 0.3 is 0 Å². The minimum atomic E-state index is -0.290. The number of ketones is 2. The highest BCUT2D eigenvalue weighted by Crippen LogP contribution is 2.22. The summed E-state index contributed by atoms with van der Waals surface area (Å²) >= 11 is 0. The van der Waals surface area contributed by atoms with Gasteiger partial charge in [-0.05, 0) is 32.9 Å². The molecule has 1 fully saturated rings. The van der Waals surface area contributed by atoms with Gasteiger partial charge in [0, 0.05) is 25.1 Å². The van der Waals surface area contributed by atoms with Crippen LogP contribution >= 0.6 is 0 Å². The smallest absolute Gasteiger partial charge is 0.231 e. The zero-order valence-electron chi connectivity index (χ0n) is 13.0. The molecule has 118 valence electrons. The number of aromatic nitrogens is 1. The zero-order chi connectivity index (χ0) is 15.7. The van der Waals surface area contributed by atoms with E-state index in [1.807, 2.05) is 6.92 Å². The number of carbonyl (C=O) groups excluding carboxylic acids is 2. The van der Waals surface area contributed by atoms with E-state index in [9.17, 15) is 9.59 Å². The molecule has 0 amide bonds. The van der Waals surface area contributed by atoms with Crippen molar-refractivity contribution in [1.82, 2.24) is 15.2 Å². The molecule has 1 unspecified atom stereocenters. The first-order valence-electron chi connectivity index (χ1n) is 7.84. The van der Waals surface area contributed by atoms with Gasteiger partial charge in [-0.1, -0.05) is 6.92 Å². The first-order chi connectivity index (χ1) is 10.6. The number of aryl methyl sites for hydroxylation is 1. The number of hydrogen-bond acceptors (Lipinski definition) is 6. The van der Waals surface area contributed by atoms with Crippen LogP contribution in [-0.2, 0) is 6.42 Å². The number of fused-ring (bicyclic) bond motifs is 1. The third-order valence-electron chi connectivity index (χ3n) is 4.40. The van der Waals surface area contributed by atoms with Crippen LogP contribution in [0, 0.1) is 0 Å². The van der Waals surface area contributed by atoms with E-state index in [1.165, 1.54) is 18.9 Å². The van der Waals surface area contributed by atoms with Crippen LogP contribution in [0.25, 0.3) is 0 Å². The van der Waals surface area contributed by atoms with Crippen LogP contribution in [0.2, 0.25) is 0 Å². The zero-order valence-corrected chi connectivity index (χ0v) is 13.0. The predicted octanol–water partition coefficient (Wildman–Crippen LogP) is 1.57. The Morgan fingerprint density at radius 2 is 2.27 bits per heavy atom. The third kappa shape index (κ3) is 2.70. The topological polar surface area (TPSA) is 75.4 Å². The summed E-state index contributed by atoms with van der Waals surface area (Å²) in [5, 5.41) is 3.10. The average Bonchev–Trinajstić information content (AvgIpc) is 3.11. The molecule has 0 spiro atoms. The van der Waals surface area contributed by atoms with E-state index in [4.69, 9.17) is 4.42 Å². The number of allylic oxidation sites excluding steroid dienone is 2. The Balaban J connectivity index is 1.64. The van der Waals surface area contributed by atoms with Gasteiger partial charge in [-0.25, -0.2) is 4.98 Å². The van der Waals surface area contributed by atoms with Crippen LogP contribution in [0.15, 0.2) is 16.2 Å². The molecule has 1 aliphatic heterocycles. The van der Waals surface area contributed by atoms with Crippen LogP contribution in [-0.4, -0.2) is 47.6 Å². The van der Waals surface area contributed by atoms with Crippen molar-refractivity contribution in [2.45, 2.75) is 38.6 Å². The molecule has 1 aromatic heterocycles. The molecule has 2 heterocycles. The van der Waals surface area contributed by atoms with Crippen LogP contribution in [0.1, 0.15) is 53.1 Å². The molecule has 1 atom stereocenters. The number of hydrogen-bond donors (Lipinski definition) is 1. The standard InChI is InChI=1S/C16H21N3O3/c1-3-13-18-14-15(21)11(9-12(20)16(14)22-13)17-7-6-10-5-4-8-19(10)2/h9-10,17H,3-8H2,1-2H3. The van der Waals surface area contributed by atoms with Crippen molar-refractivity contribution in [3.8, 4) is 0 Å². The number of Topliss-reactive ketones (excluding diaryl/α,β-unsaturated/α-hetero) is 1. The molecule has 1 N–H and O–H groups in total. The highest BCUT2D eigenvalue weighted by atomic mass is 16.4. The minimum Gasteiger partial charge on any atom is -0.436 e. The average molecular weight is 303 g/mol. The molecule has 0 bridgehead atoms. The van der Waals surface area contributed by atoms with Gasteiger partial charge in [-0.3, -0.25) is 9.59 Å². The summed E-state index contributed by atoms with van der Waals surface area (Å²) in [5.41, 5.74) is 0.471. The molecule has 3 rings (SSSR count). The normalized spacial score (nSPS) is 21.9. The van der Waals surface area contributed by atoms with E-state index in [0.717, 1.165) is 13.0 Å². The second kappa shape index (κ2) is 6.04. The van der Waals surface area contributed by atoms with Gasteiger partial charge in [0.2, 0.25) is 17.3 Å². The van der Waals surface area contributed by atoms with Gasteiger partial charge < -0.3 is 14.6 Å². The molecular formula is C16H21N3O3. The largest absolute Gasteiger partial charge is 0.436 e. The highest BCUT2D eigenvalue weighted by molar-refractivity contribution is 6.22. The Morgan fingerprint density at radius 1 is 1.45 bits per heavy atom. The number of carbonyl (C=O) groups is 2. The molecule has 6 nitrogen and oxygen atoms in total. The fourth-order valence-electron chi connectivity index (χ4n) is 3.08. The van der Waals surface area contributed by atoms with Crippen molar-refractivity contribution < 1.29 is 14.0 Å². The lowest BCUT2D eigenvalue weighted by atomic mass is 10.0. The van der Waals surface area contributed by atoms with E-state index in [1.54, 1.807) is 0 Å². The van der Waals surface area contributed by atoms with E-state index < -0.39 is 0 Å². The fraction of sp³-hybridized carbons (Fsp3) is 0.562. The molecule has 1 saturated heterocycles. The van der Waals surface area contributed by atoms with E-state index in [2.05, 4.69) is 22.2 Å². The maximum absolute atomic E-state index is 12.4. The van der Waals surface area contributed by atoms with Gasteiger partial charge in [0.1, 0.15) is 0 Å². The number of nitrogens with one attached hydrogen (secondary N) is 1. The molecule has 0 radical (unpaired) electrons. The number of oxazole rings is 1. The molecule has 6 heteroatoms.